The molecule has 0 saturated carbocycles. The lowest BCUT2D eigenvalue weighted by Gasteiger charge is -2.36. The number of ether oxygens (including phenoxy) is 1. The molecule has 1 fully saturated rings. The van der Waals surface area contributed by atoms with Gasteiger partial charge in [0.15, 0.2) is 6.10 Å². The summed E-state index contributed by atoms with van der Waals surface area (Å²) in [4.78, 5) is 28.8. The van der Waals surface area contributed by atoms with Crippen molar-refractivity contribution in [1.29, 1.82) is 0 Å². The molecule has 2 amide bonds. The smallest absolute Gasteiger partial charge is 0.256 e. The number of nitrogens with zero attached hydrogens (tertiary/aromatic N) is 2. The van der Waals surface area contributed by atoms with Gasteiger partial charge in [0.25, 0.3) is 5.91 Å². The van der Waals surface area contributed by atoms with Gasteiger partial charge in [0, 0.05) is 25.9 Å². The molecule has 0 N–H and O–H groups in total. The number of amides is 2. The molecule has 3 rings (SSSR count). The molecule has 1 aliphatic heterocycles. The van der Waals surface area contributed by atoms with Crippen LogP contribution in [0.5, 0.6) is 0 Å². The van der Waals surface area contributed by atoms with Gasteiger partial charge in [0.05, 0.1) is 0 Å². The summed E-state index contributed by atoms with van der Waals surface area (Å²) in [6.45, 7) is 3.03. The number of carbonyl (C=O) groups is 2. The predicted molar refractivity (Wildman–Crippen MR) is 96.3 cm³/mol. The van der Waals surface area contributed by atoms with Gasteiger partial charge in [0.2, 0.25) is 5.91 Å². The molecule has 5 heteroatoms. The van der Waals surface area contributed by atoms with Crippen LogP contribution in [0.3, 0.4) is 0 Å². The topological polar surface area (TPSA) is 49.9 Å². The first-order valence-corrected chi connectivity index (χ1v) is 8.34. The van der Waals surface area contributed by atoms with Gasteiger partial charge in [-0.25, -0.2) is 0 Å². The van der Waals surface area contributed by atoms with Crippen LogP contribution in [0.2, 0.25) is 0 Å². The van der Waals surface area contributed by atoms with Crippen LogP contribution in [-0.4, -0.2) is 43.5 Å². The molecule has 0 aromatic heterocycles. The average molecular weight is 338 g/mol. The van der Waals surface area contributed by atoms with Gasteiger partial charge >= 0.3 is 0 Å². The summed E-state index contributed by atoms with van der Waals surface area (Å²) in [6, 6.07) is 17.1. The number of hydrogen-bond acceptors (Lipinski definition) is 3. The van der Waals surface area contributed by atoms with Crippen molar-refractivity contribution in [2.24, 2.45) is 0 Å². The zero-order valence-corrected chi connectivity index (χ0v) is 14.5. The summed E-state index contributed by atoms with van der Waals surface area (Å²) in [5.41, 5.74) is 2.75. The Kier molecular flexibility index (Phi) is 5.14. The zero-order valence-electron chi connectivity index (χ0n) is 14.5. The molecule has 2 aromatic rings. The Morgan fingerprint density at radius 3 is 2.36 bits per heavy atom. The maximum Gasteiger partial charge on any atom is 0.256 e. The molecular formula is C20H22N2O3. The highest BCUT2D eigenvalue weighted by Gasteiger charge is 2.32. The third kappa shape index (κ3) is 3.56. The van der Waals surface area contributed by atoms with Crippen LogP contribution in [0.25, 0.3) is 0 Å². The summed E-state index contributed by atoms with van der Waals surface area (Å²) in [6.07, 6.45) is -0.681. The van der Waals surface area contributed by atoms with Crippen LogP contribution in [0.1, 0.15) is 17.2 Å². The van der Waals surface area contributed by atoms with E-state index in [0.717, 1.165) is 16.8 Å². The van der Waals surface area contributed by atoms with Gasteiger partial charge in [-0.15, -0.1) is 0 Å². The molecule has 1 atom stereocenters. The second-order valence-electron chi connectivity index (χ2n) is 6.12. The van der Waals surface area contributed by atoms with Crippen molar-refractivity contribution < 1.29 is 14.3 Å². The van der Waals surface area contributed by atoms with Crippen LogP contribution in [-0.2, 0) is 14.3 Å². The molecule has 5 nitrogen and oxygen atoms in total. The van der Waals surface area contributed by atoms with E-state index in [-0.39, 0.29) is 18.4 Å². The van der Waals surface area contributed by atoms with Gasteiger partial charge in [-0.3, -0.25) is 9.59 Å². The standard InChI is InChI=1S/C20H22N2O3/c1-15-8-6-7-11-17(15)22-13-12-21(14-18(22)23)20(24)19(25-2)16-9-4-3-5-10-16/h3-11,19H,12-14H2,1-2H3. The highest BCUT2D eigenvalue weighted by Crippen LogP contribution is 2.24. The molecule has 1 heterocycles. The SMILES string of the molecule is COC(C(=O)N1CCN(c2ccccc2C)C(=O)C1)c1ccccc1. The number of hydrogen-bond donors (Lipinski definition) is 0. The Bertz CT molecular complexity index is 761. The van der Waals surface area contributed by atoms with Crippen molar-refractivity contribution in [3.63, 3.8) is 0 Å². The average Bonchev–Trinajstić information content (AvgIpc) is 2.64. The maximum absolute atomic E-state index is 12.8. The van der Waals surface area contributed by atoms with Gasteiger partial charge in [-0.05, 0) is 24.1 Å². The van der Waals surface area contributed by atoms with Crippen molar-refractivity contribution in [1.82, 2.24) is 4.90 Å². The van der Waals surface area contributed by atoms with Crippen LogP contribution < -0.4 is 4.90 Å². The second-order valence-corrected chi connectivity index (χ2v) is 6.12. The third-order valence-corrected chi connectivity index (χ3v) is 4.50. The molecule has 2 aromatic carbocycles. The quantitative estimate of drug-likeness (QED) is 0.861. The van der Waals surface area contributed by atoms with E-state index < -0.39 is 6.10 Å². The van der Waals surface area contributed by atoms with E-state index in [1.807, 2.05) is 61.5 Å². The van der Waals surface area contributed by atoms with Crippen molar-refractivity contribution in [3.05, 3.63) is 65.7 Å². The van der Waals surface area contributed by atoms with Crippen LogP contribution in [0.15, 0.2) is 54.6 Å². The molecule has 0 spiro atoms. The minimum Gasteiger partial charge on any atom is -0.367 e. The molecule has 0 bridgehead atoms. The van der Waals surface area contributed by atoms with E-state index in [1.165, 1.54) is 7.11 Å². The summed E-state index contributed by atoms with van der Waals surface area (Å²) in [7, 11) is 1.51. The first kappa shape index (κ1) is 17.2. The second kappa shape index (κ2) is 7.49. The minimum atomic E-state index is -0.681. The molecule has 0 radical (unpaired) electrons. The summed E-state index contributed by atoms with van der Waals surface area (Å²) < 4.78 is 5.40. The summed E-state index contributed by atoms with van der Waals surface area (Å²) >= 11 is 0. The van der Waals surface area contributed by atoms with Gasteiger partial charge in [-0.1, -0.05) is 48.5 Å². The van der Waals surface area contributed by atoms with Gasteiger partial charge < -0.3 is 14.5 Å². The van der Waals surface area contributed by atoms with E-state index >= 15 is 0 Å². The first-order valence-electron chi connectivity index (χ1n) is 8.34. The molecular weight excluding hydrogens is 316 g/mol. The fraction of sp³-hybridized carbons (Fsp3) is 0.300. The lowest BCUT2D eigenvalue weighted by atomic mass is 10.1. The number of methoxy groups -OCH3 is 1. The van der Waals surface area contributed by atoms with Gasteiger partial charge in [-0.2, -0.15) is 0 Å². The fourth-order valence-electron chi connectivity index (χ4n) is 3.16. The van der Waals surface area contributed by atoms with Crippen LogP contribution >= 0.6 is 0 Å². The number of carbonyl (C=O) groups excluding carboxylic acids is 2. The van der Waals surface area contributed by atoms with E-state index in [4.69, 9.17) is 4.74 Å². The Balaban J connectivity index is 1.73. The van der Waals surface area contributed by atoms with E-state index in [0.29, 0.717) is 13.1 Å². The molecule has 0 aliphatic carbocycles. The lowest BCUT2D eigenvalue weighted by Crippen LogP contribution is -2.53. The Labute approximate surface area is 147 Å². The molecule has 25 heavy (non-hydrogen) atoms. The van der Waals surface area contributed by atoms with Crippen LogP contribution in [0.4, 0.5) is 5.69 Å². The highest BCUT2D eigenvalue weighted by atomic mass is 16.5. The first-order chi connectivity index (χ1) is 12.1. The van der Waals surface area contributed by atoms with Crippen molar-refractivity contribution in [2.75, 3.05) is 31.6 Å². The Hall–Kier alpha value is -2.66. The summed E-state index contributed by atoms with van der Waals surface area (Å²) in [5, 5.41) is 0. The Morgan fingerprint density at radius 1 is 1.04 bits per heavy atom. The predicted octanol–water partition coefficient (Wildman–Crippen LogP) is 2.56. The number of anilines is 1. The number of benzene rings is 2. The number of aryl methyl sites for hydroxylation is 1. The van der Waals surface area contributed by atoms with Crippen LogP contribution in [0, 0.1) is 6.92 Å². The largest absolute Gasteiger partial charge is 0.367 e. The van der Waals surface area contributed by atoms with Crippen molar-refractivity contribution in [3.8, 4) is 0 Å². The van der Waals surface area contributed by atoms with E-state index in [9.17, 15) is 9.59 Å². The zero-order chi connectivity index (χ0) is 17.8. The minimum absolute atomic E-state index is 0.0693. The highest BCUT2D eigenvalue weighted by molar-refractivity contribution is 5.99. The molecule has 130 valence electrons. The number of piperazine rings is 1. The normalized spacial score (nSPS) is 16.0. The van der Waals surface area contributed by atoms with Crippen molar-refractivity contribution >= 4 is 17.5 Å². The van der Waals surface area contributed by atoms with Gasteiger partial charge in [0.1, 0.15) is 6.54 Å². The maximum atomic E-state index is 12.8. The lowest BCUT2D eigenvalue weighted by molar-refractivity contribution is -0.146. The van der Waals surface area contributed by atoms with E-state index in [2.05, 4.69) is 0 Å². The van der Waals surface area contributed by atoms with Crippen molar-refractivity contribution in [2.45, 2.75) is 13.0 Å². The molecule has 1 unspecified atom stereocenters. The fourth-order valence-corrected chi connectivity index (χ4v) is 3.16. The van der Waals surface area contributed by atoms with E-state index in [1.54, 1.807) is 9.80 Å². The molecule has 1 saturated heterocycles. The number of para-hydroxylation sites is 1. The molecule has 1 aliphatic rings. The Morgan fingerprint density at radius 2 is 1.72 bits per heavy atom. The third-order valence-electron chi connectivity index (χ3n) is 4.50. The summed E-state index contributed by atoms with van der Waals surface area (Å²) in [5.74, 6) is -0.247. The number of rotatable bonds is 4. The monoisotopic (exact) mass is 338 g/mol.